The van der Waals surface area contributed by atoms with Gasteiger partial charge in [0.2, 0.25) is 21.6 Å². The Morgan fingerprint density at radius 2 is 1.40 bits per heavy atom. The highest BCUT2D eigenvalue weighted by molar-refractivity contribution is 7.91. The molecule has 1 aromatic heterocycles. The zero-order chi connectivity index (χ0) is 18.0. The van der Waals surface area contributed by atoms with Gasteiger partial charge < -0.3 is 9.15 Å². The maximum absolute atomic E-state index is 12.5. The number of methoxy groups -OCH3 is 1. The largest absolute Gasteiger partial charge is 0.497 e. The first-order valence-corrected chi connectivity index (χ1v) is 8.57. The van der Waals surface area contributed by atoms with Crippen molar-refractivity contribution in [3.05, 3.63) is 48.5 Å². The lowest BCUT2D eigenvalue weighted by Gasteiger charge is -2.03. The second-order valence-electron chi connectivity index (χ2n) is 4.97. The number of halogens is 2. The lowest BCUT2D eigenvalue weighted by atomic mass is 10.2. The summed E-state index contributed by atoms with van der Waals surface area (Å²) in [6, 6.07) is 11.8. The van der Waals surface area contributed by atoms with Gasteiger partial charge in [0.05, 0.1) is 12.0 Å². The Kier molecular flexibility index (Phi) is 4.49. The number of ether oxygens (including phenoxy) is 1. The number of hydrogen-bond donors (Lipinski definition) is 0. The molecule has 25 heavy (non-hydrogen) atoms. The number of hydrogen-bond acceptors (Lipinski definition) is 6. The summed E-state index contributed by atoms with van der Waals surface area (Å²) in [5.41, 5.74) is 1.09. The Hall–Kier alpha value is -2.81. The smallest absolute Gasteiger partial charge is 0.341 e. The van der Waals surface area contributed by atoms with E-state index in [1.165, 1.54) is 12.1 Å². The third-order valence-electron chi connectivity index (χ3n) is 3.43. The first kappa shape index (κ1) is 17.0. The van der Waals surface area contributed by atoms with E-state index >= 15 is 0 Å². The summed E-state index contributed by atoms with van der Waals surface area (Å²) < 4.78 is 58.5. The van der Waals surface area contributed by atoms with Gasteiger partial charge in [0.15, 0.2) is 0 Å². The lowest BCUT2D eigenvalue weighted by Crippen LogP contribution is -2.11. The monoisotopic (exact) mass is 366 g/mol. The molecular formula is C16H12F2N2O4S. The van der Waals surface area contributed by atoms with Crippen LogP contribution in [-0.4, -0.2) is 31.5 Å². The Balaban J connectivity index is 1.87. The number of benzene rings is 2. The molecule has 0 amide bonds. The van der Waals surface area contributed by atoms with Crippen LogP contribution in [-0.2, 0) is 9.84 Å². The quantitative estimate of drug-likeness (QED) is 0.688. The Morgan fingerprint density at radius 3 is 1.84 bits per heavy atom. The van der Waals surface area contributed by atoms with E-state index < -0.39 is 20.5 Å². The van der Waals surface area contributed by atoms with Crippen molar-refractivity contribution in [1.82, 2.24) is 10.2 Å². The van der Waals surface area contributed by atoms with Crippen molar-refractivity contribution in [2.24, 2.45) is 0 Å². The van der Waals surface area contributed by atoms with E-state index in [-0.39, 0.29) is 11.8 Å². The minimum absolute atomic E-state index is 0.145. The highest BCUT2D eigenvalue weighted by atomic mass is 32.2. The standard InChI is InChI=1S/C16H12F2N2O4S/c1-23-12-6-2-10(3-7-12)14-19-20-15(24-14)11-4-8-13(9-5-11)25(21,22)16(17)18/h2-9,16H,1H3. The number of sulfone groups is 1. The molecule has 0 bridgehead atoms. The molecule has 0 atom stereocenters. The molecule has 0 radical (unpaired) electrons. The lowest BCUT2D eigenvalue weighted by molar-refractivity contribution is 0.234. The molecule has 0 saturated heterocycles. The van der Waals surface area contributed by atoms with Crippen LogP contribution in [0.2, 0.25) is 0 Å². The van der Waals surface area contributed by atoms with Crippen LogP contribution in [0.15, 0.2) is 57.8 Å². The van der Waals surface area contributed by atoms with Gasteiger partial charge in [-0.15, -0.1) is 10.2 Å². The maximum atomic E-state index is 12.5. The second kappa shape index (κ2) is 6.60. The van der Waals surface area contributed by atoms with E-state index in [2.05, 4.69) is 10.2 Å². The van der Waals surface area contributed by atoms with Gasteiger partial charge in [0.1, 0.15) is 5.75 Å². The molecule has 3 rings (SSSR count). The van der Waals surface area contributed by atoms with E-state index in [1.807, 2.05) is 0 Å². The second-order valence-corrected chi connectivity index (χ2v) is 6.89. The van der Waals surface area contributed by atoms with E-state index in [1.54, 1.807) is 31.4 Å². The van der Waals surface area contributed by atoms with Crippen molar-refractivity contribution in [1.29, 1.82) is 0 Å². The minimum Gasteiger partial charge on any atom is -0.497 e. The zero-order valence-corrected chi connectivity index (χ0v) is 13.7. The fraction of sp³-hybridized carbons (Fsp3) is 0.125. The van der Waals surface area contributed by atoms with Gasteiger partial charge in [-0.1, -0.05) is 0 Å². The molecule has 0 unspecified atom stereocenters. The molecular weight excluding hydrogens is 354 g/mol. The zero-order valence-electron chi connectivity index (χ0n) is 12.9. The predicted octanol–water partition coefficient (Wildman–Crippen LogP) is 3.41. The summed E-state index contributed by atoms with van der Waals surface area (Å²) in [6.07, 6.45) is 0. The summed E-state index contributed by atoms with van der Waals surface area (Å²) in [5, 5.41) is 7.81. The van der Waals surface area contributed by atoms with Crippen LogP contribution in [0.5, 0.6) is 5.75 Å². The highest BCUT2D eigenvalue weighted by Crippen LogP contribution is 2.27. The molecule has 0 aliphatic carbocycles. The summed E-state index contributed by atoms with van der Waals surface area (Å²) >= 11 is 0. The van der Waals surface area contributed by atoms with Crippen molar-refractivity contribution in [2.75, 3.05) is 7.11 Å². The van der Waals surface area contributed by atoms with Crippen molar-refractivity contribution < 1.29 is 26.4 Å². The molecule has 0 fully saturated rings. The van der Waals surface area contributed by atoms with Gasteiger partial charge in [0.25, 0.3) is 0 Å². The van der Waals surface area contributed by atoms with Crippen LogP contribution >= 0.6 is 0 Å². The number of aromatic nitrogens is 2. The average Bonchev–Trinajstić information content (AvgIpc) is 3.12. The fourth-order valence-electron chi connectivity index (χ4n) is 2.08. The van der Waals surface area contributed by atoms with Crippen molar-refractivity contribution >= 4 is 9.84 Å². The number of nitrogens with zero attached hydrogens (tertiary/aromatic N) is 2. The van der Waals surface area contributed by atoms with Gasteiger partial charge in [-0.3, -0.25) is 0 Å². The molecule has 130 valence electrons. The molecule has 0 aliphatic rings. The summed E-state index contributed by atoms with van der Waals surface area (Å²) in [6.45, 7) is 0. The van der Waals surface area contributed by atoms with Crippen LogP contribution in [0.3, 0.4) is 0 Å². The van der Waals surface area contributed by atoms with Gasteiger partial charge in [0, 0.05) is 11.1 Å². The third kappa shape index (κ3) is 3.36. The van der Waals surface area contributed by atoms with Crippen molar-refractivity contribution in [2.45, 2.75) is 10.7 Å². The third-order valence-corrected chi connectivity index (χ3v) is 4.82. The van der Waals surface area contributed by atoms with Gasteiger partial charge in [-0.05, 0) is 48.5 Å². The molecule has 3 aromatic rings. The van der Waals surface area contributed by atoms with Crippen LogP contribution in [0.25, 0.3) is 22.9 Å². The van der Waals surface area contributed by atoms with E-state index in [0.717, 1.165) is 12.1 Å². The summed E-state index contributed by atoms with van der Waals surface area (Å²) in [4.78, 5) is -0.471. The first-order valence-electron chi connectivity index (χ1n) is 7.02. The van der Waals surface area contributed by atoms with E-state index in [0.29, 0.717) is 16.9 Å². The molecule has 0 saturated carbocycles. The van der Waals surface area contributed by atoms with Gasteiger partial charge in [-0.2, -0.15) is 8.78 Å². The Labute approximate surface area is 142 Å². The van der Waals surface area contributed by atoms with Crippen LogP contribution in [0.4, 0.5) is 8.78 Å². The molecule has 2 aromatic carbocycles. The van der Waals surface area contributed by atoms with Crippen LogP contribution < -0.4 is 4.74 Å². The highest BCUT2D eigenvalue weighted by Gasteiger charge is 2.26. The summed E-state index contributed by atoms with van der Waals surface area (Å²) in [7, 11) is -3.08. The molecule has 6 nitrogen and oxygen atoms in total. The SMILES string of the molecule is COc1ccc(-c2nnc(-c3ccc(S(=O)(=O)C(F)F)cc3)o2)cc1. The van der Waals surface area contributed by atoms with Gasteiger partial charge >= 0.3 is 5.76 Å². The van der Waals surface area contributed by atoms with E-state index in [9.17, 15) is 17.2 Å². The molecule has 0 spiro atoms. The van der Waals surface area contributed by atoms with Gasteiger partial charge in [-0.25, -0.2) is 8.42 Å². The fourth-order valence-corrected chi connectivity index (χ4v) is 2.80. The molecule has 0 N–H and O–H groups in total. The topological polar surface area (TPSA) is 82.3 Å². The summed E-state index contributed by atoms with van der Waals surface area (Å²) in [5.74, 6) is -2.38. The first-order chi connectivity index (χ1) is 11.9. The van der Waals surface area contributed by atoms with Crippen LogP contribution in [0, 0.1) is 0 Å². The predicted molar refractivity (Wildman–Crippen MR) is 84.9 cm³/mol. The van der Waals surface area contributed by atoms with Crippen molar-refractivity contribution in [3.8, 4) is 28.7 Å². The molecule has 0 aliphatic heterocycles. The van der Waals surface area contributed by atoms with Crippen molar-refractivity contribution in [3.63, 3.8) is 0 Å². The number of alkyl halides is 2. The van der Waals surface area contributed by atoms with E-state index in [4.69, 9.17) is 9.15 Å². The minimum atomic E-state index is -4.63. The van der Waals surface area contributed by atoms with Crippen LogP contribution in [0.1, 0.15) is 0 Å². The number of rotatable bonds is 5. The molecule has 9 heteroatoms. The average molecular weight is 366 g/mol. The molecule has 1 heterocycles. The Morgan fingerprint density at radius 1 is 0.920 bits per heavy atom. The maximum Gasteiger partial charge on any atom is 0.341 e. The normalized spacial score (nSPS) is 11.7. The Bertz CT molecular complexity index is 968.